The average molecular weight is 552 g/mol. The Morgan fingerprint density at radius 2 is 0.621 bits per heavy atom. The molecule has 0 aromatic carbocycles. The van der Waals surface area contributed by atoms with Crippen LogP contribution >= 0.6 is 0 Å². The molecule has 29 heavy (non-hydrogen) atoms. The fourth-order valence-electron chi connectivity index (χ4n) is 2.12. The maximum Gasteiger partial charge on any atom is 2.00 e. The van der Waals surface area contributed by atoms with Gasteiger partial charge in [-0.25, -0.2) is 0 Å². The topological polar surface area (TPSA) is 0 Å². The summed E-state index contributed by atoms with van der Waals surface area (Å²) >= 11 is 9.71. The first-order chi connectivity index (χ1) is 13.7. The van der Waals surface area contributed by atoms with Crippen LogP contribution in [-0.2, 0) is 25.3 Å². The molecule has 0 aromatic heterocycles. The van der Waals surface area contributed by atoms with Gasteiger partial charge in [-0.15, -0.1) is 0 Å². The van der Waals surface area contributed by atoms with Crippen LogP contribution in [0, 0.1) is 13.8 Å². The Morgan fingerprint density at radius 1 is 0.414 bits per heavy atom. The van der Waals surface area contributed by atoms with Gasteiger partial charge in [0.25, 0.3) is 0 Å². The fourth-order valence-corrected chi connectivity index (χ4v) is 2.53. The van der Waals surface area contributed by atoms with E-state index in [1.54, 1.807) is 0 Å². The third-order valence-corrected chi connectivity index (χ3v) is 4.78. The standard InChI is InChI=1S/2C9H20S.2C4H9.Sn/c2*1-2-3-4-5-6-7-8-9-10;2*1-3-4-2;/h2*10H,2-9H2,1H3;2*1,3-4H2,2H3;/q;;;;+2/p-2. The first kappa shape index (κ1) is 40.8. The molecule has 0 aliphatic carbocycles. The molecule has 0 bridgehead atoms. The van der Waals surface area contributed by atoms with Crippen molar-refractivity contribution in [2.45, 2.75) is 143 Å². The molecule has 0 aromatic rings. The molecule has 0 saturated carbocycles. The Morgan fingerprint density at radius 3 is 0.793 bits per heavy atom. The molecule has 0 fully saturated rings. The van der Waals surface area contributed by atoms with Crippen LogP contribution in [0.5, 0.6) is 0 Å². The summed E-state index contributed by atoms with van der Waals surface area (Å²) in [5.74, 6) is 1.90. The van der Waals surface area contributed by atoms with Crippen molar-refractivity contribution >= 4 is 49.2 Å². The van der Waals surface area contributed by atoms with Crippen LogP contribution in [0.4, 0.5) is 0 Å². The van der Waals surface area contributed by atoms with Gasteiger partial charge in [0.05, 0.1) is 0 Å². The van der Waals surface area contributed by atoms with Gasteiger partial charge in [-0.3, -0.25) is 0 Å². The van der Waals surface area contributed by atoms with Gasteiger partial charge < -0.3 is 25.3 Å². The van der Waals surface area contributed by atoms with Gasteiger partial charge in [0.1, 0.15) is 0 Å². The number of unbranched alkanes of at least 4 members (excludes halogenated alkanes) is 14. The molecule has 0 amide bonds. The van der Waals surface area contributed by atoms with Gasteiger partial charge in [0, 0.05) is 0 Å². The van der Waals surface area contributed by atoms with E-state index in [-0.39, 0.29) is 23.9 Å². The molecule has 0 saturated heterocycles. The van der Waals surface area contributed by atoms with E-state index in [1.165, 1.54) is 103 Å². The van der Waals surface area contributed by atoms with E-state index in [9.17, 15) is 0 Å². The molecule has 3 heteroatoms. The van der Waals surface area contributed by atoms with E-state index in [0.717, 1.165) is 24.3 Å². The fraction of sp³-hybridized carbons (Fsp3) is 0.923. The van der Waals surface area contributed by atoms with Gasteiger partial charge in [-0.05, 0) is 0 Å². The summed E-state index contributed by atoms with van der Waals surface area (Å²) in [6, 6.07) is 0. The van der Waals surface area contributed by atoms with Crippen LogP contribution in [0.15, 0.2) is 0 Å². The minimum atomic E-state index is 0. The average Bonchev–Trinajstić information content (AvgIpc) is 2.74. The predicted molar refractivity (Wildman–Crippen MR) is 147 cm³/mol. The minimum absolute atomic E-state index is 0. The van der Waals surface area contributed by atoms with E-state index in [4.69, 9.17) is 25.3 Å². The Labute approximate surface area is 216 Å². The Balaban J connectivity index is -0.0000000950. The zero-order valence-electron chi connectivity index (χ0n) is 20.9. The van der Waals surface area contributed by atoms with Crippen molar-refractivity contribution < 1.29 is 0 Å². The molecule has 0 aliphatic heterocycles. The summed E-state index contributed by atoms with van der Waals surface area (Å²) in [5, 5.41) is 0. The van der Waals surface area contributed by atoms with Crippen LogP contribution in [0.1, 0.15) is 143 Å². The molecule has 0 N–H and O–H groups in total. The first-order valence-electron chi connectivity index (χ1n) is 12.4. The van der Waals surface area contributed by atoms with E-state index >= 15 is 0 Å². The van der Waals surface area contributed by atoms with Gasteiger partial charge in [-0.1, -0.05) is 157 Å². The maximum absolute atomic E-state index is 4.85. The molecule has 0 atom stereocenters. The van der Waals surface area contributed by atoms with Crippen molar-refractivity contribution in [3.05, 3.63) is 13.8 Å². The molecule has 176 valence electrons. The SMILES string of the molecule is CCCCCCCCC[S-].CCCCCCCCC[S-].[CH2]CCC.[CH2]CCC.[Sn+2]. The summed E-state index contributed by atoms with van der Waals surface area (Å²) in [6.45, 7) is 16.0. The van der Waals surface area contributed by atoms with Gasteiger partial charge >= 0.3 is 23.9 Å². The third kappa shape index (κ3) is 72.8. The van der Waals surface area contributed by atoms with Gasteiger partial charge in [-0.2, -0.15) is 11.5 Å². The van der Waals surface area contributed by atoms with E-state index < -0.39 is 0 Å². The largest absolute Gasteiger partial charge is 2.00 e. The molecule has 0 spiro atoms. The zero-order valence-corrected chi connectivity index (χ0v) is 25.4. The molecular weight excluding hydrogens is 495 g/mol. The van der Waals surface area contributed by atoms with Crippen LogP contribution in [-0.4, -0.2) is 35.4 Å². The van der Waals surface area contributed by atoms with E-state index in [0.29, 0.717) is 0 Å². The Kier molecular flexibility index (Phi) is 73.0. The first-order valence-corrected chi connectivity index (χ1v) is 13.6. The van der Waals surface area contributed by atoms with Crippen molar-refractivity contribution in [1.29, 1.82) is 0 Å². The molecular formula is C26H56S2Sn. The second kappa shape index (κ2) is 51.8. The zero-order chi connectivity index (χ0) is 22.1. The summed E-state index contributed by atoms with van der Waals surface area (Å²) in [6.07, 6.45) is 23.8. The second-order valence-corrected chi connectivity index (χ2v) is 8.17. The number of hydrogen-bond acceptors (Lipinski definition) is 2. The Bertz CT molecular complexity index is 150. The van der Waals surface area contributed by atoms with Crippen LogP contribution in [0.2, 0.25) is 0 Å². The van der Waals surface area contributed by atoms with Gasteiger partial charge in [0.2, 0.25) is 0 Å². The summed E-state index contributed by atoms with van der Waals surface area (Å²) < 4.78 is 0. The quantitative estimate of drug-likeness (QED) is 0.106. The molecule has 0 rings (SSSR count). The minimum Gasteiger partial charge on any atom is -0.793 e. The predicted octanol–water partition coefficient (Wildman–Crippen LogP) is 9.43. The summed E-state index contributed by atoms with van der Waals surface area (Å²) in [5.41, 5.74) is 0. The van der Waals surface area contributed by atoms with Crippen molar-refractivity contribution in [1.82, 2.24) is 0 Å². The smallest absolute Gasteiger partial charge is 0.793 e. The molecule has 4 radical (unpaired) electrons. The third-order valence-electron chi connectivity index (χ3n) is 4.20. The number of rotatable bonds is 16. The van der Waals surface area contributed by atoms with Gasteiger partial charge in [0.15, 0.2) is 0 Å². The normalized spacial score (nSPS) is 9.10. The molecule has 0 heterocycles. The Hall–Kier alpha value is 1.50. The van der Waals surface area contributed by atoms with E-state index in [1.807, 2.05) is 0 Å². The maximum atomic E-state index is 4.85. The molecule has 0 unspecified atom stereocenters. The van der Waals surface area contributed by atoms with Crippen molar-refractivity contribution in [3.63, 3.8) is 0 Å². The second-order valence-electron chi connectivity index (χ2n) is 7.36. The summed E-state index contributed by atoms with van der Waals surface area (Å²) in [4.78, 5) is 0. The van der Waals surface area contributed by atoms with Crippen LogP contribution in [0.25, 0.3) is 0 Å². The summed E-state index contributed by atoms with van der Waals surface area (Å²) in [7, 11) is 0. The van der Waals surface area contributed by atoms with Crippen LogP contribution < -0.4 is 0 Å². The monoisotopic (exact) mass is 552 g/mol. The van der Waals surface area contributed by atoms with Crippen molar-refractivity contribution in [2.24, 2.45) is 0 Å². The van der Waals surface area contributed by atoms with Crippen LogP contribution in [0.3, 0.4) is 0 Å². The van der Waals surface area contributed by atoms with E-state index in [2.05, 4.69) is 41.5 Å². The van der Waals surface area contributed by atoms with Crippen molar-refractivity contribution in [3.8, 4) is 0 Å². The van der Waals surface area contributed by atoms with Crippen molar-refractivity contribution in [2.75, 3.05) is 11.5 Å². The molecule has 0 nitrogen and oxygen atoms in total. The number of hydrogen-bond donors (Lipinski definition) is 0. The molecule has 0 aliphatic rings.